The molecule has 0 aliphatic heterocycles. The zero-order valence-electron chi connectivity index (χ0n) is 14.6. The van der Waals surface area contributed by atoms with Crippen LogP contribution in [0.5, 0.6) is 0 Å². The molecule has 2 nitrogen and oxygen atoms in total. The Morgan fingerprint density at radius 1 is 1.17 bits per heavy atom. The van der Waals surface area contributed by atoms with Crippen molar-refractivity contribution in [2.75, 3.05) is 6.61 Å². The lowest BCUT2D eigenvalue weighted by Gasteiger charge is -2.58. The first-order valence-electron chi connectivity index (χ1n) is 9.55. The van der Waals surface area contributed by atoms with Crippen LogP contribution in [0.2, 0.25) is 0 Å². The lowest BCUT2D eigenvalue weighted by Crippen LogP contribution is -2.52. The van der Waals surface area contributed by atoms with Crippen LogP contribution in [0, 0.1) is 28.6 Å². The van der Waals surface area contributed by atoms with Gasteiger partial charge in [0.25, 0.3) is 0 Å². The molecule has 2 heteroatoms. The van der Waals surface area contributed by atoms with E-state index in [0.29, 0.717) is 17.8 Å². The average molecular weight is 314 g/mol. The molecule has 126 valence electrons. The molecule has 3 fully saturated rings. The second-order valence-electron chi connectivity index (χ2n) is 8.67. The summed E-state index contributed by atoms with van der Waals surface area (Å²) in [6.07, 6.45) is 13.1. The fraction of sp³-hybridized carbons (Fsp3) is 0.762. The van der Waals surface area contributed by atoms with Gasteiger partial charge in [0.2, 0.25) is 0 Å². The molecule has 0 heterocycles. The highest BCUT2D eigenvalue weighted by molar-refractivity contribution is 5.91. The summed E-state index contributed by atoms with van der Waals surface area (Å²) >= 11 is 0. The largest absolute Gasteiger partial charge is 0.395 e. The minimum atomic E-state index is -0.0726. The number of fused-ring (bicyclic) bond motifs is 5. The van der Waals surface area contributed by atoms with Crippen LogP contribution in [-0.2, 0) is 4.79 Å². The number of carbonyl (C=O) groups excluding carboxylic acids is 1. The van der Waals surface area contributed by atoms with Gasteiger partial charge in [-0.15, -0.1) is 0 Å². The second kappa shape index (κ2) is 5.31. The van der Waals surface area contributed by atoms with Crippen molar-refractivity contribution in [2.45, 2.75) is 65.2 Å². The Balaban J connectivity index is 1.72. The van der Waals surface area contributed by atoms with E-state index in [2.05, 4.69) is 19.9 Å². The molecular formula is C21H30O2. The van der Waals surface area contributed by atoms with E-state index >= 15 is 0 Å². The number of hydrogen-bond acceptors (Lipinski definition) is 2. The molecule has 0 aromatic heterocycles. The Morgan fingerprint density at radius 2 is 2.00 bits per heavy atom. The predicted octanol–water partition coefficient (Wildman–Crippen LogP) is 4.44. The van der Waals surface area contributed by atoms with Crippen LogP contribution >= 0.6 is 0 Å². The van der Waals surface area contributed by atoms with Gasteiger partial charge in [0.1, 0.15) is 0 Å². The van der Waals surface area contributed by atoms with Crippen molar-refractivity contribution in [3.63, 3.8) is 0 Å². The molecule has 4 aliphatic carbocycles. The third-order valence-electron chi connectivity index (χ3n) is 8.16. The summed E-state index contributed by atoms with van der Waals surface area (Å²) in [5, 5.41) is 10.3. The maximum Gasteiger partial charge on any atom is 0.155 e. The molecule has 23 heavy (non-hydrogen) atoms. The van der Waals surface area contributed by atoms with Gasteiger partial charge in [-0.1, -0.05) is 24.1 Å². The molecule has 0 aromatic carbocycles. The van der Waals surface area contributed by atoms with Gasteiger partial charge < -0.3 is 5.11 Å². The van der Waals surface area contributed by atoms with Gasteiger partial charge in [-0.3, -0.25) is 4.79 Å². The maximum absolute atomic E-state index is 11.9. The van der Waals surface area contributed by atoms with E-state index in [1.54, 1.807) is 5.57 Å². The number of ketones is 1. The van der Waals surface area contributed by atoms with Crippen molar-refractivity contribution in [3.05, 3.63) is 23.3 Å². The zero-order valence-corrected chi connectivity index (χ0v) is 14.6. The number of rotatable bonds is 1. The van der Waals surface area contributed by atoms with E-state index in [1.807, 2.05) is 6.08 Å². The standard InChI is InChI=1S/C21H30O2/c1-3-14-5-7-18-17-6-4-15-12-16(23)8-11-21(15,13-22)19(17)9-10-20(14,18)2/h3,12,17-19,22H,4-11,13H2,1-2H3. The lowest BCUT2D eigenvalue weighted by molar-refractivity contribution is -0.118. The minimum Gasteiger partial charge on any atom is -0.395 e. The van der Waals surface area contributed by atoms with Crippen LogP contribution in [0.1, 0.15) is 65.2 Å². The molecule has 5 atom stereocenters. The summed E-state index contributed by atoms with van der Waals surface area (Å²) in [5.41, 5.74) is 3.29. The molecular weight excluding hydrogens is 284 g/mol. The Bertz CT molecular complexity index is 587. The van der Waals surface area contributed by atoms with E-state index < -0.39 is 0 Å². The Labute approximate surface area is 140 Å². The van der Waals surface area contributed by atoms with Gasteiger partial charge in [-0.05, 0) is 81.1 Å². The number of allylic oxidation sites excluding steroid dienone is 2. The first kappa shape index (κ1) is 15.6. The fourth-order valence-corrected chi connectivity index (χ4v) is 6.98. The SMILES string of the molecule is CC=C1CCC2C3CCC4=CC(=O)CCC4(CO)C3CCC12C. The van der Waals surface area contributed by atoms with E-state index in [-0.39, 0.29) is 17.8 Å². The highest BCUT2D eigenvalue weighted by Gasteiger charge is 2.58. The van der Waals surface area contributed by atoms with Crippen molar-refractivity contribution < 1.29 is 9.90 Å². The first-order chi connectivity index (χ1) is 11.0. The number of aliphatic hydroxyl groups excluding tert-OH is 1. The van der Waals surface area contributed by atoms with Crippen molar-refractivity contribution in [1.29, 1.82) is 0 Å². The summed E-state index contributed by atoms with van der Waals surface area (Å²) in [6.45, 7) is 4.95. The topological polar surface area (TPSA) is 37.3 Å². The molecule has 0 bridgehead atoms. The summed E-state index contributed by atoms with van der Waals surface area (Å²) in [5.74, 6) is 2.40. The van der Waals surface area contributed by atoms with E-state index in [1.165, 1.54) is 37.7 Å². The predicted molar refractivity (Wildman–Crippen MR) is 91.9 cm³/mol. The van der Waals surface area contributed by atoms with Gasteiger partial charge in [0.15, 0.2) is 5.78 Å². The molecule has 0 amide bonds. The molecule has 4 rings (SSSR count). The van der Waals surface area contributed by atoms with Crippen LogP contribution in [0.15, 0.2) is 23.3 Å². The maximum atomic E-state index is 11.9. The first-order valence-corrected chi connectivity index (χ1v) is 9.55. The van der Waals surface area contributed by atoms with Crippen molar-refractivity contribution >= 4 is 5.78 Å². The Hall–Kier alpha value is -0.890. The van der Waals surface area contributed by atoms with Gasteiger partial charge in [-0.2, -0.15) is 0 Å². The monoisotopic (exact) mass is 314 g/mol. The highest BCUT2D eigenvalue weighted by atomic mass is 16.3. The minimum absolute atomic E-state index is 0.0726. The highest BCUT2D eigenvalue weighted by Crippen LogP contribution is 2.66. The second-order valence-corrected chi connectivity index (χ2v) is 8.67. The van der Waals surface area contributed by atoms with Crippen LogP contribution in [0.3, 0.4) is 0 Å². The molecule has 0 spiro atoms. The summed E-state index contributed by atoms with van der Waals surface area (Å²) < 4.78 is 0. The van der Waals surface area contributed by atoms with E-state index in [4.69, 9.17) is 0 Å². The van der Waals surface area contributed by atoms with Gasteiger partial charge >= 0.3 is 0 Å². The molecule has 5 unspecified atom stereocenters. The summed E-state index contributed by atoms with van der Waals surface area (Å²) in [7, 11) is 0. The molecule has 0 radical (unpaired) electrons. The Kier molecular flexibility index (Phi) is 3.61. The summed E-state index contributed by atoms with van der Waals surface area (Å²) in [6, 6.07) is 0. The van der Waals surface area contributed by atoms with Crippen molar-refractivity contribution in [2.24, 2.45) is 28.6 Å². The quantitative estimate of drug-likeness (QED) is 0.727. The molecule has 0 aromatic rings. The molecule has 3 saturated carbocycles. The zero-order chi connectivity index (χ0) is 16.2. The van der Waals surface area contributed by atoms with E-state index in [0.717, 1.165) is 24.7 Å². The number of hydrogen-bond donors (Lipinski definition) is 1. The smallest absolute Gasteiger partial charge is 0.155 e. The normalized spacial score (nSPS) is 47.8. The molecule has 4 aliphatic rings. The third-order valence-corrected chi connectivity index (χ3v) is 8.16. The van der Waals surface area contributed by atoms with Crippen LogP contribution < -0.4 is 0 Å². The van der Waals surface area contributed by atoms with Gasteiger partial charge in [0.05, 0.1) is 6.61 Å². The molecule has 1 N–H and O–H groups in total. The lowest BCUT2D eigenvalue weighted by atomic mass is 9.47. The Morgan fingerprint density at radius 3 is 2.74 bits per heavy atom. The van der Waals surface area contributed by atoms with Crippen LogP contribution in [0.4, 0.5) is 0 Å². The van der Waals surface area contributed by atoms with Crippen LogP contribution in [-0.4, -0.2) is 17.5 Å². The number of carbonyl (C=O) groups is 1. The van der Waals surface area contributed by atoms with Crippen molar-refractivity contribution in [3.8, 4) is 0 Å². The van der Waals surface area contributed by atoms with Gasteiger partial charge in [0, 0.05) is 11.8 Å². The van der Waals surface area contributed by atoms with Gasteiger partial charge in [-0.25, -0.2) is 0 Å². The average Bonchev–Trinajstić information content (AvgIpc) is 2.90. The molecule has 0 saturated heterocycles. The summed E-state index contributed by atoms with van der Waals surface area (Å²) in [4.78, 5) is 11.9. The van der Waals surface area contributed by atoms with Crippen LogP contribution in [0.25, 0.3) is 0 Å². The third kappa shape index (κ3) is 2.00. The fourth-order valence-electron chi connectivity index (χ4n) is 6.98. The van der Waals surface area contributed by atoms with Crippen molar-refractivity contribution in [1.82, 2.24) is 0 Å². The van der Waals surface area contributed by atoms with E-state index in [9.17, 15) is 9.90 Å². The number of aliphatic hydroxyl groups is 1.